The lowest BCUT2D eigenvalue weighted by atomic mass is 9.99. The SMILES string of the molecule is Cc1ccc(SCC(=O)N2CCC(C)CC2)c(N)c1. The topological polar surface area (TPSA) is 46.3 Å². The van der Waals surface area contributed by atoms with Crippen LogP contribution in [0.5, 0.6) is 0 Å². The van der Waals surface area contributed by atoms with E-state index in [4.69, 9.17) is 5.73 Å². The molecule has 1 aromatic carbocycles. The summed E-state index contributed by atoms with van der Waals surface area (Å²) in [4.78, 5) is 15.1. The zero-order chi connectivity index (χ0) is 13.8. The Balaban J connectivity index is 1.86. The van der Waals surface area contributed by atoms with Crippen molar-refractivity contribution in [3.05, 3.63) is 23.8 Å². The minimum absolute atomic E-state index is 0.233. The van der Waals surface area contributed by atoms with Crippen LogP contribution in [-0.2, 0) is 4.79 Å². The predicted molar refractivity (Wildman–Crippen MR) is 81.3 cm³/mol. The number of carbonyl (C=O) groups is 1. The van der Waals surface area contributed by atoms with E-state index in [0.29, 0.717) is 5.75 Å². The van der Waals surface area contributed by atoms with E-state index in [9.17, 15) is 4.79 Å². The molecule has 1 aliphatic rings. The van der Waals surface area contributed by atoms with Crippen molar-refractivity contribution >= 4 is 23.4 Å². The smallest absolute Gasteiger partial charge is 0.232 e. The lowest BCUT2D eigenvalue weighted by molar-refractivity contribution is -0.129. The van der Waals surface area contributed by atoms with Gasteiger partial charge >= 0.3 is 0 Å². The summed E-state index contributed by atoms with van der Waals surface area (Å²) in [5.41, 5.74) is 7.88. The highest BCUT2D eigenvalue weighted by Crippen LogP contribution is 2.26. The van der Waals surface area contributed by atoms with E-state index in [2.05, 4.69) is 6.92 Å². The first-order chi connectivity index (χ1) is 9.06. The van der Waals surface area contributed by atoms with Gasteiger partial charge in [-0.3, -0.25) is 4.79 Å². The fraction of sp³-hybridized carbons (Fsp3) is 0.533. The van der Waals surface area contributed by atoms with Gasteiger partial charge in [0.25, 0.3) is 0 Å². The third-order valence-corrected chi connectivity index (χ3v) is 4.73. The average Bonchev–Trinajstić information content (AvgIpc) is 2.38. The molecule has 0 radical (unpaired) electrons. The van der Waals surface area contributed by atoms with E-state index in [0.717, 1.165) is 48.0 Å². The molecule has 0 bridgehead atoms. The summed E-state index contributed by atoms with van der Waals surface area (Å²) in [6.45, 7) is 6.09. The van der Waals surface area contributed by atoms with Gasteiger partial charge in [-0.15, -0.1) is 11.8 Å². The van der Waals surface area contributed by atoms with Gasteiger partial charge in [0.1, 0.15) is 0 Å². The molecule has 2 rings (SSSR count). The second-order valence-electron chi connectivity index (χ2n) is 5.39. The van der Waals surface area contributed by atoms with Crippen LogP contribution in [0.3, 0.4) is 0 Å². The van der Waals surface area contributed by atoms with Crippen LogP contribution in [0.2, 0.25) is 0 Å². The number of amides is 1. The van der Waals surface area contributed by atoms with Crippen LogP contribution in [-0.4, -0.2) is 29.6 Å². The highest BCUT2D eigenvalue weighted by Gasteiger charge is 2.20. The summed E-state index contributed by atoms with van der Waals surface area (Å²) >= 11 is 1.54. The standard InChI is InChI=1S/C15H22N2OS/c1-11-5-7-17(8-6-11)15(18)10-19-14-4-3-12(2)9-13(14)16/h3-4,9,11H,5-8,10,16H2,1-2H3. The van der Waals surface area contributed by atoms with E-state index < -0.39 is 0 Å². The fourth-order valence-corrected chi connectivity index (χ4v) is 3.14. The van der Waals surface area contributed by atoms with Crippen molar-refractivity contribution in [2.45, 2.75) is 31.6 Å². The molecule has 0 saturated carbocycles. The number of aryl methyl sites for hydroxylation is 1. The van der Waals surface area contributed by atoms with Gasteiger partial charge in [0.2, 0.25) is 5.91 Å². The first-order valence-corrected chi connectivity index (χ1v) is 7.81. The van der Waals surface area contributed by atoms with Crippen LogP contribution in [0.15, 0.2) is 23.1 Å². The molecule has 1 aliphatic heterocycles. The third kappa shape index (κ3) is 3.90. The molecular formula is C15H22N2OS. The number of hydrogen-bond acceptors (Lipinski definition) is 3. The Morgan fingerprint density at radius 1 is 1.42 bits per heavy atom. The molecule has 1 heterocycles. The van der Waals surface area contributed by atoms with E-state index in [-0.39, 0.29) is 5.91 Å². The van der Waals surface area contributed by atoms with E-state index in [1.807, 2.05) is 30.0 Å². The van der Waals surface area contributed by atoms with Crippen molar-refractivity contribution in [2.24, 2.45) is 5.92 Å². The minimum Gasteiger partial charge on any atom is -0.398 e. The number of nitrogens with two attached hydrogens (primary N) is 1. The van der Waals surface area contributed by atoms with Crippen molar-refractivity contribution in [2.75, 3.05) is 24.6 Å². The molecular weight excluding hydrogens is 256 g/mol. The van der Waals surface area contributed by atoms with E-state index >= 15 is 0 Å². The summed E-state index contributed by atoms with van der Waals surface area (Å²) < 4.78 is 0. The largest absolute Gasteiger partial charge is 0.398 e. The Morgan fingerprint density at radius 3 is 2.74 bits per heavy atom. The number of likely N-dealkylation sites (tertiary alicyclic amines) is 1. The normalized spacial score (nSPS) is 16.6. The van der Waals surface area contributed by atoms with Crippen molar-refractivity contribution in [3.63, 3.8) is 0 Å². The van der Waals surface area contributed by atoms with Crippen LogP contribution in [0, 0.1) is 12.8 Å². The third-order valence-electron chi connectivity index (χ3n) is 3.65. The molecule has 0 unspecified atom stereocenters. The summed E-state index contributed by atoms with van der Waals surface area (Å²) in [6.07, 6.45) is 2.26. The molecule has 2 N–H and O–H groups in total. The molecule has 0 spiro atoms. The Hall–Kier alpha value is -1.16. The zero-order valence-corrected chi connectivity index (χ0v) is 12.5. The Morgan fingerprint density at radius 2 is 2.11 bits per heavy atom. The van der Waals surface area contributed by atoms with E-state index in [1.165, 1.54) is 0 Å². The molecule has 4 heteroatoms. The molecule has 3 nitrogen and oxygen atoms in total. The number of hydrogen-bond donors (Lipinski definition) is 1. The van der Waals surface area contributed by atoms with Crippen LogP contribution >= 0.6 is 11.8 Å². The molecule has 1 aromatic rings. The predicted octanol–water partition coefficient (Wildman–Crippen LogP) is 2.93. The second-order valence-corrected chi connectivity index (χ2v) is 6.41. The monoisotopic (exact) mass is 278 g/mol. The molecule has 19 heavy (non-hydrogen) atoms. The van der Waals surface area contributed by atoms with Crippen LogP contribution in [0.25, 0.3) is 0 Å². The fourth-order valence-electron chi connectivity index (χ4n) is 2.29. The van der Waals surface area contributed by atoms with Crippen molar-refractivity contribution in [1.82, 2.24) is 4.90 Å². The maximum Gasteiger partial charge on any atom is 0.232 e. The molecule has 0 aromatic heterocycles. The van der Waals surface area contributed by atoms with Crippen LogP contribution in [0.1, 0.15) is 25.3 Å². The van der Waals surface area contributed by atoms with Gasteiger partial charge in [-0.05, 0) is 43.4 Å². The Bertz CT molecular complexity index is 453. The quantitative estimate of drug-likeness (QED) is 0.683. The number of nitrogen functional groups attached to an aromatic ring is 1. The van der Waals surface area contributed by atoms with Gasteiger partial charge in [0.05, 0.1) is 5.75 Å². The minimum atomic E-state index is 0.233. The molecule has 0 aliphatic carbocycles. The number of nitrogens with zero attached hydrogens (tertiary/aromatic N) is 1. The molecule has 1 saturated heterocycles. The first-order valence-electron chi connectivity index (χ1n) is 6.83. The maximum atomic E-state index is 12.1. The lowest BCUT2D eigenvalue weighted by Gasteiger charge is -2.30. The van der Waals surface area contributed by atoms with Gasteiger partial charge in [-0.25, -0.2) is 0 Å². The highest BCUT2D eigenvalue weighted by atomic mass is 32.2. The summed E-state index contributed by atoms with van der Waals surface area (Å²) in [5.74, 6) is 1.48. The lowest BCUT2D eigenvalue weighted by Crippen LogP contribution is -2.38. The number of piperidine rings is 1. The maximum absolute atomic E-state index is 12.1. The number of rotatable bonds is 3. The highest BCUT2D eigenvalue weighted by molar-refractivity contribution is 8.00. The summed E-state index contributed by atoms with van der Waals surface area (Å²) in [5, 5.41) is 0. The van der Waals surface area contributed by atoms with Gasteiger partial charge in [-0.2, -0.15) is 0 Å². The Labute approximate surface area is 119 Å². The Kier molecular flexibility index (Phi) is 4.75. The number of carbonyl (C=O) groups excluding carboxylic acids is 1. The number of benzene rings is 1. The average molecular weight is 278 g/mol. The number of anilines is 1. The zero-order valence-electron chi connectivity index (χ0n) is 11.7. The molecule has 104 valence electrons. The molecule has 1 amide bonds. The van der Waals surface area contributed by atoms with Crippen LogP contribution in [0.4, 0.5) is 5.69 Å². The van der Waals surface area contributed by atoms with Crippen molar-refractivity contribution < 1.29 is 4.79 Å². The molecule has 0 atom stereocenters. The summed E-state index contributed by atoms with van der Waals surface area (Å²) in [7, 11) is 0. The van der Waals surface area contributed by atoms with Crippen LogP contribution < -0.4 is 5.73 Å². The van der Waals surface area contributed by atoms with Gasteiger partial charge in [-0.1, -0.05) is 13.0 Å². The first kappa shape index (κ1) is 14.3. The van der Waals surface area contributed by atoms with Gasteiger partial charge in [0, 0.05) is 23.7 Å². The van der Waals surface area contributed by atoms with Gasteiger partial charge < -0.3 is 10.6 Å². The van der Waals surface area contributed by atoms with E-state index in [1.54, 1.807) is 11.8 Å². The summed E-state index contributed by atoms with van der Waals surface area (Å²) in [6, 6.07) is 5.99. The second kappa shape index (κ2) is 6.33. The number of thioether (sulfide) groups is 1. The van der Waals surface area contributed by atoms with Crippen molar-refractivity contribution in [3.8, 4) is 0 Å². The van der Waals surface area contributed by atoms with Gasteiger partial charge in [0.15, 0.2) is 0 Å². The van der Waals surface area contributed by atoms with Crippen molar-refractivity contribution in [1.29, 1.82) is 0 Å². The molecule has 1 fully saturated rings.